The van der Waals surface area contributed by atoms with Crippen molar-refractivity contribution in [3.8, 4) is 0 Å². The van der Waals surface area contributed by atoms with Crippen LogP contribution < -0.4 is 5.43 Å². The Labute approximate surface area is 118 Å². The molecule has 0 fully saturated rings. The molecule has 0 radical (unpaired) electrons. The number of carbonyl (C=O) groups excluding carboxylic acids is 1. The molecule has 3 nitrogen and oxygen atoms in total. The molecule has 1 amide bonds. The number of nitrogens with one attached hydrogen (secondary N) is 1. The number of hydrazone groups is 1. The quantitative estimate of drug-likeness (QED) is 0.684. The Balaban J connectivity index is 2.03. The number of benzene rings is 2. The van der Waals surface area contributed by atoms with Crippen molar-refractivity contribution in [3.05, 3.63) is 69.9 Å². The van der Waals surface area contributed by atoms with E-state index in [4.69, 9.17) is 0 Å². The van der Waals surface area contributed by atoms with Gasteiger partial charge >= 0.3 is 0 Å². The normalized spacial score (nSPS) is 10.6. The summed E-state index contributed by atoms with van der Waals surface area (Å²) in [5.41, 5.74) is 3.07. The van der Waals surface area contributed by atoms with Crippen molar-refractivity contribution in [3.63, 3.8) is 0 Å². The molecule has 0 bridgehead atoms. The highest BCUT2D eigenvalue weighted by molar-refractivity contribution is 9.10. The highest BCUT2D eigenvalue weighted by atomic mass is 79.9. The maximum Gasteiger partial charge on any atom is 0.274 e. The smallest absolute Gasteiger partial charge is 0.267 e. The van der Waals surface area contributed by atoms with Gasteiger partial charge in [-0.3, -0.25) is 4.79 Å². The summed E-state index contributed by atoms with van der Waals surface area (Å²) < 4.78 is 14.2. The molecule has 0 unspecified atom stereocenters. The van der Waals surface area contributed by atoms with Gasteiger partial charge in [0.05, 0.1) is 11.8 Å². The first-order valence-corrected chi connectivity index (χ1v) is 6.29. The number of nitrogens with zero attached hydrogens (tertiary/aromatic N) is 1. The third-order valence-corrected chi connectivity index (χ3v) is 2.84. The molecule has 2 aromatic rings. The summed E-state index contributed by atoms with van der Waals surface area (Å²) >= 11 is 3.33. The standard InChI is InChI=1S/C14H10BrFN2O/c15-11-5-3-4-10(8-11)9-17-18-14(19)12-6-1-2-7-13(12)16/h1-9H,(H,18,19)/b17-9+. The van der Waals surface area contributed by atoms with E-state index >= 15 is 0 Å². The Hall–Kier alpha value is -2.01. The zero-order valence-corrected chi connectivity index (χ0v) is 11.4. The van der Waals surface area contributed by atoms with Crippen LogP contribution in [0.4, 0.5) is 4.39 Å². The summed E-state index contributed by atoms with van der Waals surface area (Å²) in [7, 11) is 0. The lowest BCUT2D eigenvalue weighted by molar-refractivity contribution is 0.0951. The van der Waals surface area contributed by atoms with Gasteiger partial charge in [0.1, 0.15) is 5.82 Å². The van der Waals surface area contributed by atoms with Gasteiger partial charge in [0.15, 0.2) is 0 Å². The first-order chi connectivity index (χ1) is 9.16. The van der Waals surface area contributed by atoms with Crippen LogP contribution in [0.2, 0.25) is 0 Å². The van der Waals surface area contributed by atoms with E-state index in [1.54, 1.807) is 6.07 Å². The number of halogens is 2. The van der Waals surface area contributed by atoms with Crippen molar-refractivity contribution in [2.45, 2.75) is 0 Å². The number of amides is 1. The van der Waals surface area contributed by atoms with Gasteiger partial charge in [-0.25, -0.2) is 9.82 Å². The highest BCUT2D eigenvalue weighted by Gasteiger charge is 2.08. The van der Waals surface area contributed by atoms with Gasteiger partial charge in [-0.05, 0) is 29.8 Å². The summed E-state index contributed by atoms with van der Waals surface area (Å²) in [6, 6.07) is 13.2. The van der Waals surface area contributed by atoms with Crippen LogP contribution in [0.15, 0.2) is 58.1 Å². The molecule has 5 heteroatoms. The van der Waals surface area contributed by atoms with Crippen LogP contribution in [0.25, 0.3) is 0 Å². The topological polar surface area (TPSA) is 41.5 Å². The lowest BCUT2D eigenvalue weighted by atomic mass is 10.2. The van der Waals surface area contributed by atoms with E-state index in [1.807, 2.05) is 24.3 Å². The molecular weight excluding hydrogens is 311 g/mol. The molecule has 0 aliphatic carbocycles. The average Bonchev–Trinajstić information content (AvgIpc) is 2.39. The van der Waals surface area contributed by atoms with Crippen LogP contribution in [-0.4, -0.2) is 12.1 Å². The molecule has 0 aromatic heterocycles. The Morgan fingerprint density at radius 1 is 1.21 bits per heavy atom. The Morgan fingerprint density at radius 2 is 2.00 bits per heavy atom. The monoisotopic (exact) mass is 320 g/mol. The second-order valence-electron chi connectivity index (χ2n) is 3.73. The minimum absolute atomic E-state index is 0.0334. The second-order valence-corrected chi connectivity index (χ2v) is 4.65. The molecule has 96 valence electrons. The molecule has 2 aromatic carbocycles. The van der Waals surface area contributed by atoms with Crippen molar-refractivity contribution in [2.24, 2.45) is 5.10 Å². The van der Waals surface area contributed by atoms with Gasteiger partial charge < -0.3 is 0 Å². The zero-order valence-electron chi connectivity index (χ0n) is 9.81. The van der Waals surface area contributed by atoms with Crippen molar-refractivity contribution < 1.29 is 9.18 Å². The fraction of sp³-hybridized carbons (Fsp3) is 0. The summed E-state index contributed by atoms with van der Waals surface area (Å²) in [6.45, 7) is 0. The number of hydrogen-bond acceptors (Lipinski definition) is 2. The minimum atomic E-state index is -0.579. The predicted molar refractivity (Wildman–Crippen MR) is 75.6 cm³/mol. The zero-order chi connectivity index (χ0) is 13.7. The Kier molecular flexibility index (Phi) is 4.41. The summed E-state index contributed by atoms with van der Waals surface area (Å²) in [5.74, 6) is -1.15. The van der Waals surface area contributed by atoms with E-state index in [0.717, 1.165) is 10.0 Å². The van der Waals surface area contributed by atoms with Gasteiger partial charge in [0.25, 0.3) is 5.91 Å². The van der Waals surface area contributed by atoms with Gasteiger partial charge in [-0.1, -0.05) is 40.2 Å². The van der Waals surface area contributed by atoms with Crippen LogP contribution in [-0.2, 0) is 0 Å². The van der Waals surface area contributed by atoms with Crippen molar-refractivity contribution >= 4 is 28.1 Å². The third kappa shape index (κ3) is 3.72. The van der Waals surface area contributed by atoms with Crippen molar-refractivity contribution in [1.29, 1.82) is 0 Å². The molecule has 0 heterocycles. The molecular formula is C14H10BrFN2O. The fourth-order valence-electron chi connectivity index (χ4n) is 1.46. The number of rotatable bonds is 3. The van der Waals surface area contributed by atoms with Crippen LogP contribution in [0, 0.1) is 5.82 Å². The minimum Gasteiger partial charge on any atom is -0.267 e. The van der Waals surface area contributed by atoms with Crippen molar-refractivity contribution in [2.75, 3.05) is 0 Å². The summed E-state index contributed by atoms with van der Waals surface area (Å²) in [5, 5.41) is 3.79. The maximum absolute atomic E-state index is 13.3. The van der Waals surface area contributed by atoms with E-state index in [9.17, 15) is 9.18 Å². The maximum atomic E-state index is 13.3. The van der Waals surface area contributed by atoms with Crippen molar-refractivity contribution in [1.82, 2.24) is 5.43 Å². The van der Waals surface area contributed by atoms with Gasteiger partial charge in [-0.15, -0.1) is 0 Å². The third-order valence-electron chi connectivity index (χ3n) is 2.35. The number of carbonyl (C=O) groups is 1. The molecule has 0 spiro atoms. The molecule has 0 saturated carbocycles. The molecule has 2 rings (SSSR count). The highest BCUT2D eigenvalue weighted by Crippen LogP contribution is 2.10. The van der Waals surface area contributed by atoms with Crippen LogP contribution in [0.3, 0.4) is 0 Å². The lowest BCUT2D eigenvalue weighted by Gasteiger charge is -2.00. The van der Waals surface area contributed by atoms with Gasteiger partial charge in [0, 0.05) is 4.47 Å². The van der Waals surface area contributed by atoms with Crippen LogP contribution in [0.1, 0.15) is 15.9 Å². The first-order valence-electron chi connectivity index (χ1n) is 5.50. The van der Waals surface area contributed by atoms with E-state index < -0.39 is 11.7 Å². The van der Waals surface area contributed by atoms with E-state index in [2.05, 4.69) is 26.5 Å². The van der Waals surface area contributed by atoms with E-state index in [1.165, 1.54) is 24.4 Å². The first kappa shape index (κ1) is 13.4. The van der Waals surface area contributed by atoms with Crippen LogP contribution >= 0.6 is 15.9 Å². The fourth-order valence-corrected chi connectivity index (χ4v) is 1.87. The lowest BCUT2D eigenvalue weighted by Crippen LogP contribution is -2.18. The van der Waals surface area contributed by atoms with Crippen LogP contribution in [0.5, 0.6) is 0 Å². The van der Waals surface area contributed by atoms with Gasteiger partial charge in [-0.2, -0.15) is 5.10 Å². The second kappa shape index (κ2) is 6.24. The molecule has 1 N–H and O–H groups in total. The molecule has 19 heavy (non-hydrogen) atoms. The van der Waals surface area contributed by atoms with Gasteiger partial charge in [0.2, 0.25) is 0 Å². The predicted octanol–water partition coefficient (Wildman–Crippen LogP) is 3.35. The molecule has 0 aliphatic heterocycles. The largest absolute Gasteiger partial charge is 0.274 e. The van der Waals surface area contributed by atoms with E-state index in [0.29, 0.717) is 0 Å². The Morgan fingerprint density at radius 3 is 2.74 bits per heavy atom. The molecule has 0 atom stereocenters. The Bertz CT molecular complexity index is 628. The SMILES string of the molecule is O=C(N/N=C/c1cccc(Br)c1)c1ccccc1F. The number of hydrogen-bond donors (Lipinski definition) is 1. The summed E-state index contributed by atoms with van der Waals surface area (Å²) in [4.78, 5) is 11.6. The summed E-state index contributed by atoms with van der Waals surface area (Å²) in [6.07, 6.45) is 1.49. The average molecular weight is 321 g/mol. The molecule has 0 aliphatic rings. The molecule has 0 saturated heterocycles. The van der Waals surface area contributed by atoms with E-state index in [-0.39, 0.29) is 5.56 Å².